The molecule has 0 unspecified atom stereocenters. The van der Waals surface area contributed by atoms with Gasteiger partial charge in [0.25, 0.3) is 0 Å². The van der Waals surface area contributed by atoms with E-state index in [1.165, 1.54) is 52.4 Å². The van der Waals surface area contributed by atoms with E-state index in [4.69, 9.17) is 0 Å². The summed E-state index contributed by atoms with van der Waals surface area (Å²) in [6.07, 6.45) is 1.34. The van der Waals surface area contributed by atoms with E-state index in [1.807, 2.05) is 0 Å². The average Bonchev–Trinajstić information content (AvgIpc) is 3.09. The molecule has 0 saturated carbocycles. The van der Waals surface area contributed by atoms with E-state index >= 15 is 0 Å². The molecule has 0 N–H and O–H groups in total. The Hall–Kier alpha value is -3.13. The van der Waals surface area contributed by atoms with Gasteiger partial charge in [-0.1, -0.05) is 195 Å². The van der Waals surface area contributed by atoms with Crippen LogP contribution in [0.25, 0.3) is 0 Å². The van der Waals surface area contributed by atoms with Gasteiger partial charge in [-0.15, -0.1) is 0 Å². The Morgan fingerprint density at radius 3 is 0.682 bits per heavy atom. The Bertz CT molecular complexity index is 1240. The molecule has 0 radical (unpaired) electrons. The Labute approximate surface area is 280 Å². The summed E-state index contributed by atoms with van der Waals surface area (Å²) in [7, 11) is 4.05. The van der Waals surface area contributed by atoms with Crippen molar-refractivity contribution >= 4 is 69.6 Å². The molecule has 0 aliphatic rings. The molecular formula is C38H39B3NiP2. The van der Waals surface area contributed by atoms with Crippen molar-refractivity contribution in [3.63, 3.8) is 0 Å². The van der Waals surface area contributed by atoms with Crippen LogP contribution in [0.3, 0.4) is 0 Å². The van der Waals surface area contributed by atoms with Crippen molar-refractivity contribution in [2.45, 2.75) is 13.2 Å². The van der Waals surface area contributed by atoms with Gasteiger partial charge in [0, 0.05) is 16.5 Å². The third kappa shape index (κ3) is 11.1. The molecule has 0 spiro atoms. The largest absolute Gasteiger partial charge is 0.0881 e. The average molecular weight is 649 g/mol. The quantitative estimate of drug-likeness (QED) is 0.148. The summed E-state index contributed by atoms with van der Waals surface area (Å²) in [5.74, 6) is 0. The molecule has 0 nitrogen and oxygen atoms in total. The van der Waals surface area contributed by atoms with Gasteiger partial charge in [-0.2, -0.15) is 0 Å². The fourth-order valence-corrected chi connectivity index (χ4v) is 9.32. The Balaban J connectivity index is 0.000000205. The standard InChI is InChI=1S/2C18H15P.C2H9B3.Ni/c2*1-4-10-16(11-5-1)19(17-12-6-2-7-13-17)18-14-8-3-9-15-18;1-2-4-5-3;/h2*1-15H;4-5H,2-3H2,1H3;. The van der Waals surface area contributed by atoms with Gasteiger partial charge in [-0.05, 0) is 47.7 Å². The molecule has 6 rings (SSSR count). The monoisotopic (exact) mass is 648 g/mol. The SMILES string of the molecule is BBBCC.[Ni].c1ccc(P(c2ccccc2)c2ccccc2)cc1.c1ccc(P(c2ccccc2)c2ccccc2)cc1. The third-order valence-electron chi connectivity index (χ3n) is 6.79. The van der Waals surface area contributed by atoms with Crippen LogP contribution in [0.15, 0.2) is 182 Å². The van der Waals surface area contributed by atoms with Gasteiger partial charge in [-0.3, -0.25) is 0 Å². The van der Waals surface area contributed by atoms with E-state index in [0.717, 1.165) is 0 Å². The van der Waals surface area contributed by atoms with Crippen LogP contribution in [-0.2, 0) is 16.5 Å². The fourth-order valence-electron chi connectivity index (χ4n) is 4.71. The van der Waals surface area contributed by atoms with Crippen molar-refractivity contribution < 1.29 is 16.5 Å². The van der Waals surface area contributed by atoms with Crippen molar-refractivity contribution in [2.75, 3.05) is 0 Å². The first kappa shape index (κ1) is 35.3. The predicted molar refractivity (Wildman–Crippen MR) is 204 cm³/mol. The summed E-state index contributed by atoms with van der Waals surface area (Å²) in [5.41, 5.74) is 0. The predicted octanol–water partition coefficient (Wildman–Crippen LogP) is 5.65. The van der Waals surface area contributed by atoms with Gasteiger partial charge in [0.2, 0.25) is 0 Å². The minimum absolute atomic E-state index is 0. The third-order valence-corrected chi connectivity index (χ3v) is 11.7. The summed E-state index contributed by atoms with van der Waals surface area (Å²) >= 11 is 0. The molecule has 0 aliphatic heterocycles. The van der Waals surface area contributed by atoms with Gasteiger partial charge in [-0.25, -0.2) is 0 Å². The van der Waals surface area contributed by atoms with Crippen LogP contribution < -0.4 is 31.8 Å². The zero-order valence-electron chi connectivity index (χ0n) is 25.7. The van der Waals surface area contributed by atoms with E-state index in [1.54, 1.807) is 0 Å². The van der Waals surface area contributed by atoms with Crippen molar-refractivity contribution in [1.29, 1.82) is 0 Å². The van der Waals surface area contributed by atoms with E-state index < -0.39 is 15.8 Å². The van der Waals surface area contributed by atoms with Crippen LogP contribution in [0, 0.1) is 0 Å². The van der Waals surface area contributed by atoms with Crippen LogP contribution >= 0.6 is 15.8 Å². The van der Waals surface area contributed by atoms with Crippen LogP contribution in [0.2, 0.25) is 6.32 Å². The van der Waals surface area contributed by atoms with Crippen LogP contribution in [-0.4, -0.2) is 22.0 Å². The van der Waals surface area contributed by atoms with Gasteiger partial charge in [0.05, 0.1) is 22.0 Å². The molecule has 220 valence electrons. The maximum Gasteiger partial charge on any atom is 0.0776 e. The second kappa shape index (κ2) is 20.8. The molecule has 0 aromatic heterocycles. The van der Waals surface area contributed by atoms with Gasteiger partial charge < -0.3 is 0 Å². The summed E-state index contributed by atoms with van der Waals surface area (Å²) in [6.45, 7) is 2.21. The first-order chi connectivity index (χ1) is 21.3. The van der Waals surface area contributed by atoms with Crippen LogP contribution in [0.5, 0.6) is 0 Å². The molecule has 6 aromatic carbocycles. The zero-order chi connectivity index (χ0) is 30.0. The minimum Gasteiger partial charge on any atom is -0.0881 e. The molecule has 0 aliphatic carbocycles. The second-order valence-corrected chi connectivity index (χ2v) is 14.5. The molecule has 6 heteroatoms. The summed E-state index contributed by atoms with van der Waals surface area (Å²) < 4.78 is 0. The Morgan fingerprint density at radius 2 is 0.568 bits per heavy atom. The zero-order valence-corrected chi connectivity index (χ0v) is 28.4. The second-order valence-electron chi connectivity index (χ2n) is 10.0. The molecule has 0 heterocycles. The van der Waals surface area contributed by atoms with E-state index in [9.17, 15) is 0 Å². The molecule has 0 saturated heterocycles. The summed E-state index contributed by atoms with van der Waals surface area (Å²) in [4.78, 5) is 0. The number of hydrogen-bond donors (Lipinski definition) is 0. The number of benzene rings is 6. The topological polar surface area (TPSA) is 0 Å². The molecule has 0 atom stereocenters. The van der Waals surface area contributed by atoms with E-state index in [-0.39, 0.29) is 16.5 Å². The van der Waals surface area contributed by atoms with Gasteiger partial charge in [0.1, 0.15) is 0 Å². The van der Waals surface area contributed by atoms with Crippen molar-refractivity contribution in [1.82, 2.24) is 0 Å². The smallest absolute Gasteiger partial charge is 0.0776 e. The maximum absolute atomic E-state index is 2.23. The van der Waals surface area contributed by atoms with Crippen LogP contribution in [0.1, 0.15) is 6.92 Å². The van der Waals surface area contributed by atoms with Crippen molar-refractivity contribution in [3.8, 4) is 0 Å². The Kier molecular flexibility index (Phi) is 16.7. The molecule has 0 bridgehead atoms. The molecule has 0 amide bonds. The maximum atomic E-state index is 2.23. The van der Waals surface area contributed by atoms with Crippen LogP contribution in [0.4, 0.5) is 0 Å². The first-order valence-corrected chi connectivity index (χ1v) is 17.9. The summed E-state index contributed by atoms with van der Waals surface area (Å²) in [6, 6.07) is 64.7. The van der Waals surface area contributed by atoms with Gasteiger partial charge in [0.15, 0.2) is 0 Å². The Morgan fingerprint density at radius 1 is 0.386 bits per heavy atom. The molecule has 0 fully saturated rings. The summed E-state index contributed by atoms with van der Waals surface area (Å²) in [5, 5.41) is 8.39. The normalized spacial score (nSPS) is 9.89. The first-order valence-electron chi connectivity index (χ1n) is 15.2. The molecular weight excluding hydrogens is 609 g/mol. The number of rotatable bonds is 8. The fraction of sp³-hybridized carbons (Fsp3) is 0.0526. The van der Waals surface area contributed by atoms with E-state index in [2.05, 4.69) is 197 Å². The van der Waals surface area contributed by atoms with Gasteiger partial charge >= 0.3 is 0 Å². The molecule has 44 heavy (non-hydrogen) atoms. The number of hydrogen-bond acceptors (Lipinski definition) is 0. The van der Waals surface area contributed by atoms with Crippen molar-refractivity contribution in [3.05, 3.63) is 182 Å². The van der Waals surface area contributed by atoms with E-state index in [0.29, 0.717) is 0 Å². The molecule has 6 aromatic rings. The minimum atomic E-state index is -0.446. The van der Waals surface area contributed by atoms with Crippen molar-refractivity contribution in [2.24, 2.45) is 0 Å².